The monoisotopic (exact) mass is 391 g/mol. The van der Waals surface area contributed by atoms with Crippen LogP contribution in [0.3, 0.4) is 0 Å². The van der Waals surface area contributed by atoms with Gasteiger partial charge >= 0.3 is 5.97 Å². The lowest BCUT2D eigenvalue weighted by Crippen LogP contribution is -2.28. The van der Waals surface area contributed by atoms with Gasteiger partial charge in [-0.3, -0.25) is 4.79 Å². The first kappa shape index (κ1) is 18.0. The van der Waals surface area contributed by atoms with Gasteiger partial charge in [-0.15, -0.1) is 0 Å². The average molecular weight is 392 g/mol. The van der Waals surface area contributed by atoms with Crippen LogP contribution >= 0.6 is 15.9 Å². The fraction of sp³-hybridized carbons (Fsp3) is 0.222. The molecule has 0 aromatic heterocycles. The predicted octanol–water partition coefficient (Wildman–Crippen LogP) is 3.32. The van der Waals surface area contributed by atoms with Crippen molar-refractivity contribution in [1.82, 2.24) is 5.32 Å². The van der Waals surface area contributed by atoms with E-state index < -0.39 is 5.97 Å². The van der Waals surface area contributed by atoms with E-state index in [0.29, 0.717) is 24.5 Å². The van der Waals surface area contributed by atoms with E-state index in [1.54, 1.807) is 24.3 Å². The standard InChI is InChI=1S/C18H18BrNO4/c1-2-23-16-9-5-14(6-10-16)18(22)24-12-17(21)20-11-13-3-7-15(19)8-4-13/h3-10H,2,11-12H2,1H3,(H,20,21). The van der Waals surface area contributed by atoms with Gasteiger partial charge in [-0.2, -0.15) is 0 Å². The van der Waals surface area contributed by atoms with E-state index in [9.17, 15) is 9.59 Å². The van der Waals surface area contributed by atoms with Crippen molar-refractivity contribution in [3.63, 3.8) is 0 Å². The van der Waals surface area contributed by atoms with E-state index in [2.05, 4.69) is 21.2 Å². The van der Waals surface area contributed by atoms with Crippen molar-refractivity contribution in [2.45, 2.75) is 13.5 Å². The Hall–Kier alpha value is -2.34. The second-order valence-corrected chi connectivity index (χ2v) is 5.85. The Bertz CT molecular complexity index is 683. The number of halogens is 1. The van der Waals surface area contributed by atoms with Crippen LogP contribution in [0.1, 0.15) is 22.8 Å². The second-order valence-electron chi connectivity index (χ2n) is 4.94. The number of hydrogen-bond acceptors (Lipinski definition) is 4. The minimum Gasteiger partial charge on any atom is -0.494 e. The van der Waals surface area contributed by atoms with Crippen molar-refractivity contribution in [3.8, 4) is 5.75 Å². The third-order valence-corrected chi connectivity index (χ3v) is 3.67. The molecule has 1 N–H and O–H groups in total. The van der Waals surface area contributed by atoms with Crippen LogP contribution < -0.4 is 10.1 Å². The first-order valence-corrected chi connectivity index (χ1v) is 8.29. The van der Waals surface area contributed by atoms with Gasteiger partial charge in [0.2, 0.25) is 0 Å². The summed E-state index contributed by atoms with van der Waals surface area (Å²) in [5, 5.41) is 2.70. The third kappa shape index (κ3) is 5.70. The zero-order valence-electron chi connectivity index (χ0n) is 13.3. The van der Waals surface area contributed by atoms with Gasteiger partial charge in [0.25, 0.3) is 5.91 Å². The molecular weight excluding hydrogens is 374 g/mol. The Morgan fingerprint density at radius 1 is 1.04 bits per heavy atom. The van der Waals surface area contributed by atoms with Crippen LogP contribution in [0.15, 0.2) is 53.0 Å². The molecule has 126 valence electrons. The molecule has 2 aromatic carbocycles. The van der Waals surface area contributed by atoms with Gasteiger partial charge in [0.1, 0.15) is 5.75 Å². The van der Waals surface area contributed by atoms with Crippen LogP contribution in [-0.2, 0) is 16.1 Å². The van der Waals surface area contributed by atoms with Crippen LogP contribution in [0.2, 0.25) is 0 Å². The Balaban J connectivity index is 1.76. The van der Waals surface area contributed by atoms with Crippen molar-refractivity contribution in [3.05, 3.63) is 64.1 Å². The summed E-state index contributed by atoms with van der Waals surface area (Å²) < 4.78 is 11.3. The molecule has 5 nitrogen and oxygen atoms in total. The molecule has 0 aliphatic carbocycles. The lowest BCUT2D eigenvalue weighted by Gasteiger charge is -2.08. The molecule has 0 bridgehead atoms. The summed E-state index contributed by atoms with van der Waals surface area (Å²) in [7, 11) is 0. The van der Waals surface area contributed by atoms with E-state index in [-0.39, 0.29) is 12.5 Å². The van der Waals surface area contributed by atoms with Crippen molar-refractivity contribution in [1.29, 1.82) is 0 Å². The molecule has 0 radical (unpaired) electrons. The number of nitrogens with one attached hydrogen (secondary N) is 1. The molecule has 2 rings (SSSR count). The van der Waals surface area contributed by atoms with Crippen molar-refractivity contribution in [2.24, 2.45) is 0 Å². The van der Waals surface area contributed by atoms with Crippen LogP contribution in [0.5, 0.6) is 5.75 Å². The molecule has 0 spiro atoms. The topological polar surface area (TPSA) is 64.6 Å². The lowest BCUT2D eigenvalue weighted by molar-refractivity contribution is -0.124. The number of rotatable bonds is 7. The molecule has 0 atom stereocenters. The highest BCUT2D eigenvalue weighted by atomic mass is 79.9. The third-order valence-electron chi connectivity index (χ3n) is 3.14. The maximum absolute atomic E-state index is 11.9. The molecule has 0 saturated heterocycles. The molecule has 0 aliphatic heterocycles. The molecule has 0 heterocycles. The zero-order chi connectivity index (χ0) is 17.4. The maximum Gasteiger partial charge on any atom is 0.338 e. The number of carbonyl (C=O) groups is 2. The van der Waals surface area contributed by atoms with Gasteiger partial charge in [-0.1, -0.05) is 28.1 Å². The van der Waals surface area contributed by atoms with Gasteiger partial charge in [-0.25, -0.2) is 4.79 Å². The molecule has 0 fully saturated rings. The summed E-state index contributed by atoms with van der Waals surface area (Å²) in [6.45, 7) is 2.51. The number of hydrogen-bond donors (Lipinski definition) is 1. The largest absolute Gasteiger partial charge is 0.494 e. The highest BCUT2D eigenvalue weighted by molar-refractivity contribution is 9.10. The minimum absolute atomic E-state index is 0.317. The van der Waals surface area contributed by atoms with E-state index in [4.69, 9.17) is 9.47 Å². The maximum atomic E-state index is 11.9. The van der Waals surface area contributed by atoms with Gasteiger partial charge in [0.05, 0.1) is 12.2 Å². The quantitative estimate of drug-likeness (QED) is 0.735. The highest BCUT2D eigenvalue weighted by Crippen LogP contribution is 2.13. The first-order chi connectivity index (χ1) is 11.6. The van der Waals surface area contributed by atoms with Gasteiger partial charge in [0.15, 0.2) is 6.61 Å². The number of esters is 1. The summed E-state index contributed by atoms with van der Waals surface area (Å²) in [5.74, 6) is -0.213. The summed E-state index contributed by atoms with van der Waals surface area (Å²) in [6, 6.07) is 14.2. The smallest absolute Gasteiger partial charge is 0.338 e. The number of benzene rings is 2. The number of amides is 1. The average Bonchev–Trinajstić information content (AvgIpc) is 2.60. The summed E-state index contributed by atoms with van der Waals surface area (Å²) in [6.07, 6.45) is 0. The van der Waals surface area contributed by atoms with E-state index in [1.165, 1.54) is 0 Å². The van der Waals surface area contributed by atoms with Crippen LogP contribution in [-0.4, -0.2) is 25.1 Å². The molecule has 24 heavy (non-hydrogen) atoms. The highest BCUT2D eigenvalue weighted by Gasteiger charge is 2.10. The lowest BCUT2D eigenvalue weighted by atomic mass is 10.2. The fourth-order valence-corrected chi connectivity index (χ4v) is 2.19. The second kappa shape index (κ2) is 9.08. The first-order valence-electron chi connectivity index (χ1n) is 7.49. The Kier molecular flexibility index (Phi) is 6.81. The summed E-state index contributed by atoms with van der Waals surface area (Å²) >= 11 is 3.35. The van der Waals surface area contributed by atoms with Crippen molar-refractivity contribution in [2.75, 3.05) is 13.2 Å². The van der Waals surface area contributed by atoms with Crippen molar-refractivity contribution >= 4 is 27.8 Å². The Morgan fingerprint density at radius 2 is 1.71 bits per heavy atom. The fourth-order valence-electron chi connectivity index (χ4n) is 1.92. The van der Waals surface area contributed by atoms with Crippen molar-refractivity contribution < 1.29 is 19.1 Å². The zero-order valence-corrected chi connectivity index (χ0v) is 14.8. The van der Waals surface area contributed by atoms with Gasteiger partial charge < -0.3 is 14.8 Å². The van der Waals surface area contributed by atoms with E-state index >= 15 is 0 Å². The molecule has 2 aromatic rings. The minimum atomic E-state index is -0.545. The normalized spacial score (nSPS) is 10.1. The van der Waals surface area contributed by atoms with E-state index in [1.807, 2.05) is 31.2 Å². The molecule has 0 aliphatic rings. The Morgan fingerprint density at radius 3 is 2.33 bits per heavy atom. The number of ether oxygens (including phenoxy) is 2. The van der Waals surface area contributed by atoms with Crippen LogP contribution in [0.25, 0.3) is 0 Å². The summed E-state index contributed by atoms with van der Waals surface area (Å²) in [4.78, 5) is 23.6. The molecule has 0 unspecified atom stereocenters. The van der Waals surface area contributed by atoms with Crippen LogP contribution in [0, 0.1) is 0 Å². The van der Waals surface area contributed by atoms with E-state index in [0.717, 1.165) is 10.0 Å². The van der Waals surface area contributed by atoms with Gasteiger partial charge in [-0.05, 0) is 48.9 Å². The predicted molar refractivity (Wildman–Crippen MR) is 93.9 cm³/mol. The number of carbonyl (C=O) groups excluding carboxylic acids is 2. The Labute approximate surface area is 149 Å². The summed E-state index contributed by atoms with van der Waals surface area (Å²) in [5.41, 5.74) is 1.34. The van der Waals surface area contributed by atoms with Gasteiger partial charge in [0, 0.05) is 11.0 Å². The molecule has 1 amide bonds. The van der Waals surface area contributed by atoms with Crippen LogP contribution in [0.4, 0.5) is 0 Å². The molecule has 0 saturated carbocycles. The molecule has 6 heteroatoms. The SMILES string of the molecule is CCOc1ccc(C(=O)OCC(=O)NCc2ccc(Br)cc2)cc1. The molecular formula is C18H18BrNO4.